The molecule has 258 valence electrons. The van der Waals surface area contributed by atoms with E-state index in [9.17, 15) is 27.9 Å². The lowest BCUT2D eigenvalue weighted by molar-refractivity contribution is -0.218. The standard InChI is InChI=1S/C28H34N8O10S2/c1-27(2)21(24(38)36(27)46-48(41,42)43)34-23(37)20(16-11-47-26(30)32-16)35-45-28(3,25(39)40)18-7-5-12-8-13(4-6-17(12)44-18)22(29)33-19-14-9-31-10-15(14)19/h4,6,8,11,14-15,18-19,21,31H,5,7,9-10H2,1-3H3,(H2,29,33)(H2,30,32)(H,34,37)(H,39,40)(H,41,42,43)/b35-20-/t14-,15+,18-,19+,21-,28+/m1/s1. The Bertz CT molecular complexity index is 1820. The monoisotopic (exact) mass is 706 g/mol. The number of aryl methyl sites for hydroxylation is 1. The summed E-state index contributed by atoms with van der Waals surface area (Å²) in [6.07, 6.45) is -0.448. The molecular formula is C28H34N8O10S2. The van der Waals surface area contributed by atoms with Crippen LogP contribution in [0.25, 0.3) is 0 Å². The van der Waals surface area contributed by atoms with E-state index in [1.165, 1.54) is 26.2 Å². The molecule has 0 bridgehead atoms. The van der Waals surface area contributed by atoms with Crippen molar-refractivity contribution in [2.24, 2.45) is 17.0 Å². The smallest absolute Gasteiger partial charge is 0.418 e. The third-order valence-corrected chi connectivity index (χ3v) is 10.2. The number of aliphatic carboxylic acids is 1. The zero-order valence-corrected chi connectivity index (χ0v) is 27.6. The third-order valence-electron chi connectivity index (χ3n) is 9.16. The number of oxime groups is 1. The van der Waals surface area contributed by atoms with Gasteiger partial charge in [-0.3, -0.25) is 19.6 Å². The molecule has 0 spiro atoms. The van der Waals surface area contributed by atoms with E-state index in [0.29, 0.717) is 40.5 Å². The number of anilines is 1. The fourth-order valence-electron chi connectivity index (χ4n) is 6.21. The van der Waals surface area contributed by atoms with Gasteiger partial charge in [0.1, 0.15) is 23.3 Å². The molecule has 2 aromatic rings. The Morgan fingerprint density at radius 1 is 1.29 bits per heavy atom. The van der Waals surface area contributed by atoms with Crippen molar-refractivity contribution >= 4 is 56.2 Å². The van der Waals surface area contributed by atoms with Crippen LogP contribution < -0.4 is 26.4 Å². The number of nitrogens with one attached hydrogen (secondary N) is 4. The molecule has 0 radical (unpaired) electrons. The van der Waals surface area contributed by atoms with Crippen LogP contribution in [-0.2, 0) is 40.3 Å². The van der Waals surface area contributed by atoms with E-state index in [-0.39, 0.29) is 23.3 Å². The zero-order valence-electron chi connectivity index (χ0n) is 25.9. The number of thiazole rings is 1. The normalized spacial score (nSPS) is 27.0. The molecule has 2 saturated heterocycles. The first-order chi connectivity index (χ1) is 22.5. The Hall–Kier alpha value is -4.37. The first kappa shape index (κ1) is 33.5. The lowest BCUT2D eigenvalue weighted by Crippen LogP contribution is -2.76. The van der Waals surface area contributed by atoms with Crippen LogP contribution in [0.1, 0.15) is 44.0 Å². The Kier molecular flexibility index (Phi) is 8.35. The van der Waals surface area contributed by atoms with Crippen molar-refractivity contribution in [2.45, 2.75) is 62.9 Å². The van der Waals surface area contributed by atoms with Crippen molar-refractivity contribution < 1.29 is 46.3 Å². The molecule has 4 aliphatic rings. The number of carbonyl (C=O) groups excluding carboxylic acids is 2. The predicted octanol–water partition coefficient (Wildman–Crippen LogP) is -0.344. The number of carbonyl (C=O) groups is 3. The number of aromatic nitrogens is 1. The van der Waals surface area contributed by atoms with Crippen LogP contribution in [-0.4, -0.2) is 99.9 Å². The van der Waals surface area contributed by atoms with Crippen molar-refractivity contribution in [3.8, 4) is 5.75 Å². The predicted molar refractivity (Wildman–Crippen MR) is 168 cm³/mol. The van der Waals surface area contributed by atoms with E-state index >= 15 is 0 Å². The summed E-state index contributed by atoms with van der Waals surface area (Å²) in [6, 6.07) is 4.20. The summed E-state index contributed by atoms with van der Waals surface area (Å²) in [5.74, 6) is -1.64. The molecular weight excluding hydrogens is 672 g/mol. The fraction of sp³-hybridized carbons (Fsp3) is 0.500. The number of amides is 2. The average Bonchev–Trinajstić information content (AvgIpc) is 3.33. The maximum Gasteiger partial charge on any atom is 0.418 e. The van der Waals surface area contributed by atoms with Gasteiger partial charge < -0.3 is 36.4 Å². The van der Waals surface area contributed by atoms with E-state index in [2.05, 4.69) is 30.4 Å². The van der Waals surface area contributed by atoms with Gasteiger partial charge in [0.2, 0.25) is 0 Å². The quantitative estimate of drug-likeness (QED) is 0.0518. The lowest BCUT2D eigenvalue weighted by atomic mass is 9.84. The van der Waals surface area contributed by atoms with Gasteiger partial charge in [0.15, 0.2) is 16.9 Å². The number of carboxylic acids is 1. The minimum atomic E-state index is -5.03. The highest BCUT2D eigenvalue weighted by Crippen LogP contribution is 2.42. The number of β-lactam (4-membered cyclic amide) rings is 1. The second-order valence-electron chi connectivity index (χ2n) is 12.7. The van der Waals surface area contributed by atoms with Gasteiger partial charge in [0, 0.05) is 30.1 Å². The van der Waals surface area contributed by atoms with E-state index in [1.807, 2.05) is 6.07 Å². The number of rotatable bonds is 11. The molecule has 3 aliphatic heterocycles. The summed E-state index contributed by atoms with van der Waals surface area (Å²) < 4.78 is 41.7. The first-order valence-electron chi connectivity index (χ1n) is 14.9. The fourth-order valence-corrected chi connectivity index (χ4v) is 7.21. The number of hydrogen-bond donors (Lipinski definition) is 7. The molecule has 18 nitrogen and oxygen atoms in total. The van der Waals surface area contributed by atoms with Crippen LogP contribution in [0.2, 0.25) is 0 Å². The van der Waals surface area contributed by atoms with E-state index < -0.39 is 57.2 Å². The average molecular weight is 707 g/mol. The Morgan fingerprint density at radius 3 is 2.60 bits per heavy atom. The number of amidine groups is 1. The van der Waals surface area contributed by atoms with Crippen LogP contribution >= 0.6 is 11.3 Å². The number of hydroxylamine groups is 2. The van der Waals surface area contributed by atoms with Gasteiger partial charge in [-0.15, -0.1) is 15.6 Å². The highest BCUT2D eigenvalue weighted by Gasteiger charge is 2.58. The third kappa shape index (κ3) is 6.16. The molecule has 1 aromatic carbocycles. The summed E-state index contributed by atoms with van der Waals surface area (Å²) >= 11 is 0.967. The molecule has 4 heterocycles. The molecule has 3 fully saturated rings. The topological polar surface area (TPSA) is 268 Å². The van der Waals surface area contributed by atoms with E-state index in [1.54, 1.807) is 12.1 Å². The van der Waals surface area contributed by atoms with Gasteiger partial charge in [0.05, 0.1) is 5.54 Å². The number of nitrogens with zero attached hydrogens (tertiary/aromatic N) is 3. The van der Waals surface area contributed by atoms with Crippen LogP contribution in [0.3, 0.4) is 0 Å². The Morgan fingerprint density at radius 2 is 2.00 bits per heavy atom. The highest BCUT2D eigenvalue weighted by molar-refractivity contribution is 7.80. The Balaban J connectivity index is 1.18. The van der Waals surface area contributed by atoms with Crippen LogP contribution in [0.15, 0.2) is 28.7 Å². The second kappa shape index (κ2) is 11.9. The number of piperidine rings is 1. The molecule has 20 heteroatoms. The van der Waals surface area contributed by atoms with Crippen molar-refractivity contribution in [2.75, 3.05) is 18.8 Å². The maximum atomic E-state index is 13.4. The minimum Gasteiger partial charge on any atom is -0.485 e. The molecule has 2 amide bonds. The number of nitrogen functional groups attached to an aromatic ring is 1. The lowest BCUT2D eigenvalue weighted by Gasteiger charge is -2.50. The maximum absolute atomic E-state index is 13.4. The molecule has 48 heavy (non-hydrogen) atoms. The number of nitrogens with two attached hydrogens (primary N) is 1. The van der Waals surface area contributed by atoms with Crippen LogP contribution in [0.4, 0.5) is 5.13 Å². The van der Waals surface area contributed by atoms with Crippen LogP contribution in [0.5, 0.6) is 5.75 Å². The summed E-state index contributed by atoms with van der Waals surface area (Å²) in [5, 5.41) is 33.5. The van der Waals surface area contributed by atoms with Gasteiger partial charge in [0.25, 0.3) is 17.4 Å². The van der Waals surface area contributed by atoms with Gasteiger partial charge >= 0.3 is 16.4 Å². The molecule has 8 N–H and O–H groups in total. The van der Waals surface area contributed by atoms with E-state index in [4.69, 9.17) is 25.3 Å². The van der Waals surface area contributed by atoms with Crippen molar-refractivity contribution in [3.05, 3.63) is 40.4 Å². The number of fused-ring (bicyclic) bond motifs is 2. The summed E-state index contributed by atoms with van der Waals surface area (Å²) in [7, 11) is -5.03. The molecule has 1 aromatic heterocycles. The van der Waals surface area contributed by atoms with E-state index in [0.717, 1.165) is 30.0 Å². The second-order valence-corrected chi connectivity index (χ2v) is 14.6. The van der Waals surface area contributed by atoms with Gasteiger partial charge in [-0.05, 0) is 69.2 Å². The minimum absolute atomic E-state index is 0.0612. The van der Waals surface area contributed by atoms with Gasteiger partial charge in [-0.1, -0.05) is 5.16 Å². The number of benzene rings is 1. The largest absolute Gasteiger partial charge is 0.485 e. The highest BCUT2D eigenvalue weighted by atomic mass is 32.3. The summed E-state index contributed by atoms with van der Waals surface area (Å²) in [4.78, 5) is 48.3. The summed E-state index contributed by atoms with van der Waals surface area (Å²) in [6.45, 7) is 5.88. The number of ether oxygens (including phenoxy) is 1. The Labute approximate surface area is 278 Å². The number of hydrogen-bond acceptors (Lipinski definition) is 14. The zero-order chi connectivity index (χ0) is 34.8. The van der Waals surface area contributed by atoms with Crippen molar-refractivity contribution in [1.82, 2.24) is 26.0 Å². The van der Waals surface area contributed by atoms with Crippen molar-refractivity contribution in [1.29, 1.82) is 5.41 Å². The van der Waals surface area contributed by atoms with Gasteiger partial charge in [-0.2, -0.15) is 13.5 Å². The molecule has 6 atom stereocenters. The van der Waals surface area contributed by atoms with Gasteiger partial charge in [-0.25, -0.2) is 9.78 Å². The SMILES string of the molecule is CC1(C)[C@H](NC(=O)/C(=N\O[C@](C)(C(=O)O)[C@H]2CCc3cc(C(=N)N[C@H]4[C@@H]5CNC[C@@H]54)ccc3O2)c2csc(N)n2)C(=O)N1OS(=O)(=O)O. The molecule has 1 aliphatic carbocycles. The molecule has 6 rings (SSSR count). The molecule has 0 unspecified atom stereocenters. The summed E-state index contributed by atoms with van der Waals surface area (Å²) in [5.41, 5.74) is 3.10. The first-order valence-corrected chi connectivity index (χ1v) is 17.1. The molecule has 1 saturated carbocycles. The van der Waals surface area contributed by atoms with Crippen LogP contribution in [0, 0.1) is 17.2 Å². The van der Waals surface area contributed by atoms with Crippen molar-refractivity contribution in [3.63, 3.8) is 0 Å². The number of carboxylic acid groups (broad SMARTS) is 1.